The van der Waals surface area contributed by atoms with Gasteiger partial charge >= 0.3 is 0 Å². The van der Waals surface area contributed by atoms with E-state index in [1.54, 1.807) is 7.11 Å². The fourth-order valence-corrected chi connectivity index (χ4v) is 2.37. The van der Waals surface area contributed by atoms with Crippen molar-refractivity contribution in [1.29, 1.82) is 0 Å². The predicted molar refractivity (Wildman–Crippen MR) is 66.9 cm³/mol. The molecular formula is C14H21NO. The van der Waals surface area contributed by atoms with Crippen LogP contribution in [-0.2, 0) is 6.42 Å². The molecule has 1 unspecified atom stereocenters. The lowest BCUT2D eigenvalue weighted by Crippen LogP contribution is -2.52. The topological polar surface area (TPSA) is 21.3 Å². The third-order valence-electron chi connectivity index (χ3n) is 3.56. The molecule has 1 aliphatic heterocycles. The first-order valence-electron chi connectivity index (χ1n) is 5.98. The molecule has 0 aliphatic carbocycles. The molecule has 1 N–H and O–H groups in total. The fourth-order valence-electron chi connectivity index (χ4n) is 2.37. The second-order valence-electron chi connectivity index (χ2n) is 5.23. The van der Waals surface area contributed by atoms with Crippen molar-refractivity contribution in [3.8, 4) is 5.75 Å². The van der Waals surface area contributed by atoms with E-state index in [0.29, 0.717) is 11.5 Å². The van der Waals surface area contributed by atoms with E-state index in [4.69, 9.17) is 4.74 Å². The largest absolute Gasteiger partial charge is 0.496 e. The zero-order valence-electron chi connectivity index (χ0n) is 10.6. The van der Waals surface area contributed by atoms with Gasteiger partial charge in [-0.1, -0.05) is 32.9 Å². The molecule has 0 amide bonds. The summed E-state index contributed by atoms with van der Waals surface area (Å²) >= 11 is 0. The molecule has 0 aromatic heterocycles. The first kappa shape index (κ1) is 11.5. The minimum Gasteiger partial charge on any atom is -0.496 e. The summed E-state index contributed by atoms with van der Waals surface area (Å²) < 4.78 is 5.46. The van der Waals surface area contributed by atoms with Gasteiger partial charge in [-0.15, -0.1) is 0 Å². The Morgan fingerprint density at radius 2 is 2.19 bits per heavy atom. The normalized spacial score (nSPS) is 22.6. The van der Waals surface area contributed by atoms with Gasteiger partial charge in [0.2, 0.25) is 0 Å². The zero-order valence-corrected chi connectivity index (χ0v) is 10.6. The van der Waals surface area contributed by atoms with Crippen molar-refractivity contribution in [2.75, 3.05) is 13.7 Å². The van der Waals surface area contributed by atoms with Gasteiger partial charge in [-0.2, -0.15) is 0 Å². The molecule has 88 valence electrons. The van der Waals surface area contributed by atoms with Gasteiger partial charge in [0.15, 0.2) is 0 Å². The molecule has 2 rings (SSSR count). The standard InChI is InChI=1S/C14H21NO/c1-5-10-6-7-12(16-4)11(8-10)13-14(2,3)9-15-13/h6-8,13,15H,5,9H2,1-4H3. The molecular weight excluding hydrogens is 198 g/mol. The molecule has 2 heteroatoms. The number of rotatable bonds is 3. The van der Waals surface area contributed by atoms with Crippen molar-refractivity contribution in [2.24, 2.45) is 5.41 Å². The summed E-state index contributed by atoms with van der Waals surface area (Å²) in [5.41, 5.74) is 3.01. The van der Waals surface area contributed by atoms with E-state index < -0.39 is 0 Å². The lowest BCUT2D eigenvalue weighted by molar-refractivity contribution is 0.125. The van der Waals surface area contributed by atoms with E-state index in [9.17, 15) is 0 Å². The smallest absolute Gasteiger partial charge is 0.123 e. The van der Waals surface area contributed by atoms with Gasteiger partial charge in [0, 0.05) is 18.2 Å². The summed E-state index contributed by atoms with van der Waals surface area (Å²) in [5, 5.41) is 3.50. The molecule has 0 spiro atoms. The summed E-state index contributed by atoms with van der Waals surface area (Å²) in [6.45, 7) is 7.86. The number of benzene rings is 1. The molecule has 1 fully saturated rings. The Bertz CT molecular complexity index is 384. The highest BCUT2D eigenvalue weighted by Crippen LogP contribution is 2.43. The Morgan fingerprint density at radius 3 is 2.62 bits per heavy atom. The van der Waals surface area contributed by atoms with Crippen molar-refractivity contribution < 1.29 is 4.74 Å². The van der Waals surface area contributed by atoms with Crippen LogP contribution in [0.2, 0.25) is 0 Å². The maximum Gasteiger partial charge on any atom is 0.123 e. The highest BCUT2D eigenvalue weighted by molar-refractivity contribution is 5.41. The van der Waals surface area contributed by atoms with Crippen LogP contribution < -0.4 is 10.1 Å². The van der Waals surface area contributed by atoms with Crippen molar-refractivity contribution in [3.63, 3.8) is 0 Å². The lowest BCUT2D eigenvalue weighted by Gasteiger charge is -2.46. The van der Waals surface area contributed by atoms with E-state index in [2.05, 4.69) is 44.3 Å². The van der Waals surface area contributed by atoms with Crippen LogP contribution in [0.25, 0.3) is 0 Å². The SMILES string of the molecule is CCc1ccc(OC)c(C2NCC2(C)C)c1. The number of methoxy groups -OCH3 is 1. The third kappa shape index (κ3) is 1.82. The van der Waals surface area contributed by atoms with Crippen LogP contribution in [0.4, 0.5) is 0 Å². The Balaban J connectivity index is 2.37. The van der Waals surface area contributed by atoms with Crippen LogP contribution in [0.15, 0.2) is 18.2 Å². The summed E-state index contributed by atoms with van der Waals surface area (Å²) in [6.07, 6.45) is 1.07. The minimum absolute atomic E-state index is 0.333. The highest BCUT2D eigenvalue weighted by Gasteiger charge is 2.40. The Morgan fingerprint density at radius 1 is 1.44 bits per heavy atom. The Hall–Kier alpha value is -1.02. The molecule has 16 heavy (non-hydrogen) atoms. The number of aryl methyl sites for hydroxylation is 1. The Labute approximate surface area is 98.0 Å². The van der Waals surface area contributed by atoms with E-state index >= 15 is 0 Å². The maximum atomic E-state index is 5.46. The maximum absolute atomic E-state index is 5.46. The van der Waals surface area contributed by atoms with E-state index in [1.165, 1.54) is 11.1 Å². The minimum atomic E-state index is 0.333. The van der Waals surface area contributed by atoms with Gasteiger partial charge in [0.25, 0.3) is 0 Å². The van der Waals surface area contributed by atoms with E-state index in [-0.39, 0.29) is 0 Å². The lowest BCUT2D eigenvalue weighted by atomic mass is 9.73. The predicted octanol–water partition coefficient (Wildman–Crippen LogP) is 2.93. The van der Waals surface area contributed by atoms with Crippen LogP contribution in [-0.4, -0.2) is 13.7 Å². The van der Waals surface area contributed by atoms with Crippen LogP contribution in [0.3, 0.4) is 0 Å². The van der Waals surface area contributed by atoms with Gasteiger partial charge in [-0.3, -0.25) is 0 Å². The van der Waals surface area contributed by atoms with Crippen molar-refractivity contribution in [2.45, 2.75) is 33.2 Å². The van der Waals surface area contributed by atoms with Crippen LogP contribution in [0.1, 0.15) is 37.9 Å². The third-order valence-corrected chi connectivity index (χ3v) is 3.56. The van der Waals surface area contributed by atoms with Gasteiger partial charge in [-0.25, -0.2) is 0 Å². The molecule has 0 saturated carbocycles. The van der Waals surface area contributed by atoms with Crippen molar-refractivity contribution in [3.05, 3.63) is 29.3 Å². The first-order chi connectivity index (χ1) is 7.58. The first-order valence-corrected chi connectivity index (χ1v) is 5.98. The van der Waals surface area contributed by atoms with Gasteiger partial charge in [0.05, 0.1) is 7.11 Å². The highest BCUT2D eigenvalue weighted by atomic mass is 16.5. The molecule has 2 nitrogen and oxygen atoms in total. The number of hydrogen-bond acceptors (Lipinski definition) is 2. The van der Waals surface area contributed by atoms with E-state index in [1.807, 2.05) is 0 Å². The Kier molecular flexibility index (Phi) is 2.94. The molecule has 0 radical (unpaired) electrons. The number of hydrogen-bond donors (Lipinski definition) is 1. The summed E-state index contributed by atoms with van der Waals surface area (Å²) in [4.78, 5) is 0. The number of ether oxygens (including phenoxy) is 1. The molecule has 1 atom stereocenters. The van der Waals surface area contributed by atoms with Crippen molar-refractivity contribution >= 4 is 0 Å². The molecule has 1 heterocycles. The van der Waals surface area contributed by atoms with Crippen molar-refractivity contribution in [1.82, 2.24) is 5.32 Å². The van der Waals surface area contributed by atoms with Gasteiger partial charge in [0.1, 0.15) is 5.75 Å². The summed E-state index contributed by atoms with van der Waals surface area (Å²) in [5.74, 6) is 1.00. The van der Waals surface area contributed by atoms with E-state index in [0.717, 1.165) is 18.7 Å². The molecule has 0 bridgehead atoms. The summed E-state index contributed by atoms with van der Waals surface area (Å²) in [6, 6.07) is 6.93. The molecule has 1 saturated heterocycles. The summed E-state index contributed by atoms with van der Waals surface area (Å²) in [7, 11) is 1.75. The van der Waals surface area contributed by atoms with Crippen LogP contribution >= 0.6 is 0 Å². The fraction of sp³-hybridized carbons (Fsp3) is 0.571. The second-order valence-corrected chi connectivity index (χ2v) is 5.23. The molecule has 1 aromatic carbocycles. The number of nitrogens with one attached hydrogen (secondary N) is 1. The van der Waals surface area contributed by atoms with Gasteiger partial charge in [-0.05, 0) is 23.5 Å². The zero-order chi connectivity index (χ0) is 11.8. The van der Waals surface area contributed by atoms with Crippen LogP contribution in [0, 0.1) is 5.41 Å². The molecule has 1 aromatic rings. The molecule has 1 aliphatic rings. The quantitative estimate of drug-likeness (QED) is 0.844. The average molecular weight is 219 g/mol. The van der Waals surface area contributed by atoms with Gasteiger partial charge < -0.3 is 10.1 Å². The monoisotopic (exact) mass is 219 g/mol. The average Bonchev–Trinajstić information content (AvgIpc) is 2.27. The van der Waals surface area contributed by atoms with Crippen LogP contribution in [0.5, 0.6) is 5.75 Å². The second kappa shape index (κ2) is 4.10.